The van der Waals surface area contributed by atoms with E-state index in [4.69, 9.17) is 21.4 Å². The molecule has 1 aromatic rings. The van der Waals surface area contributed by atoms with Crippen LogP contribution in [0.15, 0.2) is 18.2 Å². The van der Waals surface area contributed by atoms with E-state index in [0.29, 0.717) is 6.61 Å². The number of hydrogen-bond donors (Lipinski definition) is 3. The highest BCUT2D eigenvalue weighted by molar-refractivity contribution is 6.18. The van der Waals surface area contributed by atoms with E-state index in [1.165, 1.54) is 25.3 Å². The zero-order valence-corrected chi connectivity index (χ0v) is 10.1. The summed E-state index contributed by atoms with van der Waals surface area (Å²) in [5.74, 6) is -0.772. The Hall–Kier alpha value is -1.46. The number of hydrogen-bond acceptors (Lipinski definition) is 4. The molecule has 94 valence electrons. The van der Waals surface area contributed by atoms with Crippen molar-refractivity contribution in [2.24, 2.45) is 0 Å². The molecule has 0 saturated carbocycles. The van der Waals surface area contributed by atoms with Crippen molar-refractivity contribution in [1.29, 1.82) is 0 Å². The standard InChI is InChI=1S/C11H14ClNO4/c1-17-6-8(5-12)13-11(16)7-2-3-9(14)10(15)4-7/h2-4,8,14-15H,5-6H2,1H3,(H,13,16). The van der Waals surface area contributed by atoms with Crippen LogP contribution in [0.1, 0.15) is 10.4 Å². The van der Waals surface area contributed by atoms with Gasteiger partial charge in [-0.1, -0.05) is 0 Å². The van der Waals surface area contributed by atoms with E-state index in [1.807, 2.05) is 0 Å². The summed E-state index contributed by atoms with van der Waals surface area (Å²) >= 11 is 5.65. The molecule has 6 heteroatoms. The van der Waals surface area contributed by atoms with E-state index >= 15 is 0 Å². The number of halogens is 1. The van der Waals surface area contributed by atoms with E-state index in [2.05, 4.69) is 5.32 Å². The third-order valence-electron chi connectivity index (χ3n) is 2.13. The summed E-state index contributed by atoms with van der Waals surface area (Å²) in [4.78, 5) is 11.7. The van der Waals surface area contributed by atoms with Gasteiger partial charge in [-0.3, -0.25) is 4.79 Å². The highest BCUT2D eigenvalue weighted by Crippen LogP contribution is 2.24. The molecule has 0 aromatic heterocycles. The van der Waals surface area contributed by atoms with E-state index in [-0.39, 0.29) is 34.9 Å². The van der Waals surface area contributed by atoms with Crippen LogP contribution in [-0.2, 0) is 4.74 Å². The summed E-state index contributed by atoms with van der Waals surface area (Å²) in [5.41, 5.74) is 0.242. The zero-order chi connectivity index (χ0) is 12.8. The summed E-state index contributed by atoms with van der Waals surface area (Å²) < 4.78 is 4.89. The highest BCUT2D eigenvalue weighted by Gasteiger charge is 2.13. The molecule has 1 amide bonds. The molecule has 0 heterocycles. The van der Waals surface area contributed by atoms with Crippen molar-refractivity contribution in [2.45, 2.75) is 6.04 Å². The Kier molecular flexibility index (Phi) is 5.06. The van der Waals surface area contributed by atoms with Gasteiger partial charge in [-0.2, -0.15) is 0 Å². The molecule has 5 nitrogen and oxygen atoms in total. The number of alkyl halides is 1. The fraction of sp³-hybridized carbons (Fsp3) is 0.364. The number of amides is 1. The molecule has 0 aliphatic rings. The average Bonchev–Trinajstić information content (AvgIpc) is 2.31. The zero-order valence-electron chi connectivity index (χ0n) is 9.31. The Morgan fingerprint density at radius 1 is 1.47 bits per heavy atom. The molecule has 1 rings (SSSR count). The Bertz CT molecular complexity index is 397. The minimum Gasteiger partial charge on any atom is -0.504 e. The fourth-order valence-electron chi connectivity index (χ4n) is 1.26. The number of aromatic hydroxyl groups is 2. The first kappa shape index (κ1) is 13.6. The molecule has 1 atom stereocenters. The van der Waals surface area contributed by atoms with Crippen LogP contribution in [0.2, 0.25) is 0 Å². The number of ether oxygens (including phenoxy) is 1. The second-order valence-corrected chi connectivity index (χ2v) is 3.79. The first-order valence-corrected chi connectivity index (χ1v) is 5.49. The summed E-state index contributed by atoms with van der Waals surface area (Å²) in [6.45, 7) is 0.305. The van der Waals surface area contributed by atoms with Crippen LogP contribution in [0, 0.1) is 0 Å². The third-order valence-corrected chi connectivity index (χ3v) is 2.50. The van der Waals surface area contributed by atoms with Crippen molar-refractivity contribution in [3.8, 4) is 11.5 Å². The lowest BCUT2D eigenvalue weighted by molar-refractivity contribution is 0.0906. The van der Waals surface area contributed by atoms with Crippen LogP contribution in [0.25, 0.3) is 0 Å². The Morgan fingerprint density at radius 3 is 2.71 bits per heavy atom. The Labute approximate surface area is 104 Å². The number of nitrogens with one attached hydrogen (secondary N) is 1. The minimum atomic E-state index is -0.386. The first-order valence-electron chi connectivity index (χ1n) is 4.96. The van der Waals surface area contributed by atoms with Crippen LogP contribution in [0.4, 0.5) is 0 Å². The summed E-state index contributed by atoms with van der Waals surface area (Å²) in [6.07, 6.45) is 0. The predicted molar refractivity (Wildman–Crippen MR) is 63.6 cm³/mol. The number of benzene rings is 1. The Morgan fingerprint density at radius 2 is 2.18 bits per heavy atom. The van der Waals surface area contributed by atoms with Crippen molar-refractivity contribution >= 4 is 17.5 Å². The molecule has 3 N–H and O–H groups in total. The minimum absolute atomic E-state index is 0.226. The second kappa shape index (κ2) is 6.32. The number of carbonyl (C=O) groups excluding carboxylic acids is 1. The van der Waals surface area contributed by atoms with Gasteiger partial charge in [0.1, 0.15) is 0 Å². The second-order valence-electron chi connectivity index (χ2n) is 3.48. The Balaban J connectivity index is 2.72. The van der Waals surface area contributed by atoms with Gasteiger partial charge in [-0.25, -0.2) is 0 Å². The van der Waals surface area contributed by atoms with Crippen LogP contribution < -0.4 is 5.32 Å². The van der Waals surface area contributed by atoms with Crippen LogP contribution in [0.5, 0.6) is 11.5 Å². The van der Waals surface area contributed by atoms with Crippen molar-refractivity contribution < 1.29 is 19.7 Å². The number of phenolic OH excluding ortho intramolecular Hbond substituents is 2. The van der Waals surface area contributed by atoms with Crippen molar-refractivity contribution in [1.82, 2.24) is 5.32 Å². The molecule has 0 aliphatic carbocycles. The maximum Gasteiger partial charge on any atom is 0.251 e. The van der Waals surface area contributed by atoms with Crippen LogP contribution in [0.3, 0.4) is 0 Å². The maximum absolute atomic E-state index is 11.7. The molecular formula is C11H14ClNO4. The first-order chi connectivity index (χ1) is 8.08. The van der Waals surface area contributed by atoms with Gasteiger partial charge < -0.3 is 20.3 Å². The highest BCUT2D eigenvalue weighted by atomic mass is 35.5. The van der Waals surface area contributed by atoms with Crippen LogP contribution >= 0.6 is 11.6 Å². The largest absolute Gasteiger partial charge is 0.504 e. The van der Waals surface area contributed by atoms with Gasteiger partial charge in [-0.15, -0.1) is 11.6 Å². The molecule has 0 aliphatic heterocycles. The number of phenols is 2. The van der Waals surface area contributed by atoms with Crippen molar-refractivity contribution in [3.63, 3.8) is 0 Å². The number of carbonyl (C=O) groups is 1. The van der Waals surface area contributed by atoms with Crippen LogP contribution in [-0.4, -0.2) is 41.8 Å². The SMILES string of the molecule is COCC(CCl)NC(=O)c1ccc(O)c(O)c1. The quantitative estimate of drug-likeness (QED) is 0.546. The van der Waals surface area contributed by atoms with Gasteiger partial charge in [0.05, 0.1) is 12.6 Å². The topological polar surface area (TPSA) is 78.8 Å². The van der Waals surface area contributed by atoms with Gasteiger partial charge in [0.2, 0.25) is 0 Å². The molecule has 0 saturated heterocycles. The van der Waals surface area contributed by atoms with Gasteiger partial charge >= 0.3 is 0 Å². The van der Waals surface area contributed by atoms with E-state index in [9.17, 15) is 9.90 Å². The molecule has 1 aromatic carbocycles. The van der Waals surface area contributed by atoms with Gasteiger partial charge in [0.25, 0.3) is 5.91 Å². The molecule has 17 heavy (non-hydrogen) atoms. The monoisotopic (exact) mass is 259 g/mol. The molecule has 0 spiro atoms. The van der Waals surface area contributed by atoms with Gasteiger partial charge in [0, 0.05) is 18.6 Å². The summed E-state index contributed by atoms with van der Waals surface area (Å²) in [7, 11) is 1.51. The lowest BCUT2D eigenvalue weighted by Crippen LogP contribution is -2.39. The normalized spacial score (nSPS) is 12.1. The third kappa shape index (κ3) is 3.80. The predicted octanol–water partition coefficient (Wildman–Crippen LogP) is 1.08. The number of rotatable bonds is 5. The lowest BCUT2D eigenvalue weighted by Gasteiger charge is -2.15. The average molecular weight is 260 g/mol. The molecule has 0 fully saturated rings. The van der Waals surface area contributed by atoms with Gasteiger partial charge in [0.15, 0.2) is 11.5 Å². The summed E-state index contributed by atoms with van der Waals surface area (Å²) in [5, 5.41) is 21.0. The molecule has 0 bridgehead atoms. The van der Waals surface area contributed by atoms with E-state index < -0.39 is 0 Å². The van der Waals surface area contributed by atoms with E-state index in [1.54, 1.807) is 0 Å². The van der Waals surface area contributed by atoms with Gasteiger partial charge in [-0.05, 0) is 18.2 Å². The van der Waals surface area contributed by atoms with Crippen molar-refractivity contribution in [2.75, 3.05) is 19.6 Å². The fourth-order valence-corrected chi connectivity index (χ4v) is 1.43. The summed E-state index contributed by atoms with van der Waals surface area (Å²) in [6, 6.07) is 3.53. The molecule has 0 radical (unpaired) electrons. The van der Waals surface area contributed by atoms with Crippen molar-refractivity contribution in [3.05, 3.63) is 23.8 Å². The molecule has 1 unspecified atom stereocenters. The maximum atomic E-state index is 11.7. The van der Waals surface area contributed by atoms with E-state index in [0.717, 1.165) is 0 Å². The molecular weight excluding hydrogens is 246 g/mol. The lowest BCUT2D eigenvalue weighted by atomic mass is 10.2. The number of methoxy groups -OCH3 is 1. The smallest absolute Gasteiger partial charge is 0.251 e.